The van der Waals surface area contributed by atoms with Crippen LogP contribution in [0.2, 0.25) is 5.02 Å². The third-order valence-electron chi connectivity index (χ3n) is 2.77. The predicted octanol–water partition coefficient (Wildman–Crippen LogP) is 2.56. The minimum Gasteiger partial charge on any atom is -0.469 e. The van der Waals surface area contributed by atoms with E-state index in [1.165, 1.54) is 6.26 Å². The van der Waals surface area contributed by atoms with Gasteiger partial charge in [0.05, 0.1) is 12.0 Å². The van der Waals surface area contributed by atoms with E-state index in [9.17, 15) is 12.8 Å². The van der Waals surface area contributed by atoms with Crippen LogP contribution < -0.4 is 10.5 Å². The number of rotatable bonds is 5. The molecule has 1 heterocycles. The highest BCUT2D eigenvalue weighted by molar-refractivity contribution is 7.89. The number of benzene rings is 1. The molecule has 0 saturated carbocycles. The molecule has 0 aliphatic rings. The molecule has 1 unspecified atom stereocenters. The summed E-state index contributed by atoms with van der Waals surface area (Å²) in [5.74, 6) is -0.395. The highest BCUT2D eigenvalue weighted by atomic mass is 35.5. The van der Waals surface area contributed by atoms with E-state index >= 15 is 0 Å². The van der Waals surface area contributed by atoms with Crippen molar-refractivity contribution in [2.24, 2.45) is 0 Å². The Bertz CT molecular complexity index is 732. The Balaban J connectivity index is 2.22. The third-order valence-corrected chi connectivity index (χ3v) is 4.57. The summed E-state index contributed by atoms with van der Waals surface area (Å²) in [5, 5.41) is 0.0490. The standard InChI is InChI=1S/C13H14ClFN2O3S/c1-8(5-10-3-2-4-20-10)17-21(18,19)12-7-9(14)6-11(16)13(12)15/h2-4,6-8,17H,5,16H2,1H3. The molecule has 0 amide bonds. The van der Waals surface area contributed by atoms with Crippen LogP contribution in [0.25, 0.3) is 0 Å². The maximum atomic E-state index is 13.9. The predicted molar refractivity (Wildman–Crippen MR) is 78.0 cm³/mol. The molecule has 2 aromatic rings. The topological polar surface area (TPSA) is 85.3 Å². The van der Waals surface area contributed by atoms with E-state index in [4.69, 9.17) is 21.8 Å². The van der Waals surface area contributed by atoms with E-state index in [2.05, 4.69) is 4.72 Å². The lowest BCUT2D eigenvalue weighted by Crippen LogP contribution is -2.34. The molecule has 114 valence electrons. The molecule has 0 radical (unpaired) electrons. The van der Waals surface area contributed by atoms with Crippen molar-refractivity contribution in [3.8, 4) is 0 Å². The first-order valence-electron chi connectivity index (χ1n) is 6.09. The smallest absolute Gasteiger partial charge is 0.243 e. The second-order valence-corrected chi connectivity index (χ2v) is 6.73. The maximum Gasteiger partial charge on any atom is 0.243 e. The molecule has 0 saturated heterocycles. The van der Waals surface area contributed by atoms with Crippen molar-refractivity contribution in [3.05, 3.63) is 47.1 Å². The summed E-state index contributed by atoms with van der Waals surface area (Å²) < 4.78 is 45.8. The molecule has 2 rings (SSSR count). The minimum absolute atomic E-state index is 0.0490. The summed E-state index contributed by atoms with van der Waals surface area (Å²) in [5.41, 5.74) is 5.07. The van der Waals surface area contributed by atoms with E-state index in [1.807, 2.05) is 0 Å². The second-order valence-electron chi connectivity index (χ2n) is 4.61. The molecule has 0 spiro atoms. The summed E-state index contributed by atoms with van der Waals surface area (Å²) in [4.78, 5) is -0.571. The van der Waals surface area contributed by atoms with Crippen LogP contribution in [0.3, 0.4) is 0 Å². The Labute approximate surface area is 126 Å². The van der Waals surface area contributed by atoms with Gasteiger partial charge in [-0.05, 0) is 31.2 Å². The number of hydrogen-bond donors (Lipinski definition) is 2. The Kier molecular flexibility index (Phi) is 4.55. The first kappa shape index (κ1) is 15.8. The minimum atomic E-state index is -4.07. The van der Waals surface area contributed by atoms with Crippen LogP contribution in [-0.4, -0.2) is 14.5 Å². The number of nitrogen functional groups attached to an aromatic ring is 1. The number of furan rings is 1. The van der Waals surface area contributed by atoms with Gasteiger partial charge in [0.25, 0.3) is 0 Å². The SMILES string of the molecule is CC(Cc1ccco1)NS(=O)(=O)c1cc(Cl)cc(N)c1F. The van der Waals surface area contributed by atoms with Gasteiger partial charge in [0.15, 0.2) is 5.82 Å². The van der Waals surface area contributed by atoms with Gasteiger partial charge in [0, 0.05) is 17.5 Å². The van der Waals surface area contributed by atoms with E-state index in [0.717, 1.165) is 12.1 Å². The lowest BCUT2D eigenvalue weighted by molar-refractivity contribution is 0.478. The fourth-order valence-corrected chi connectivity index (χ4v) is 3.55. The van der Waals surface area contributed by atoms with E-state index in [1.54, 1.807) is 19.1 Å². The molecular weight excluding hydrogens is 319 g/mol. The fourth-order valence-electron chi connectivity index (χ4n) is 1.88. The summed E-state index contributed by atoms with van der Waals surface area (Å²) in [6, 6.07) is 5.12. The van der Waals surface area contributed by atoms with Gasteiger partial charge in [-0.25, -0.2) is 17.5 Å². The van der Waals surface area contributed by atoms with Crippen LogP contribution in [0.5, 0.6) is 0 Å². The van der Waals surface area contributed by atoms with Crippen molar-refractivity contribution in [2.45, 2.75) is 24.3 Å². The molecule has 0 bridgehead atoms. The van der Waals surface area contributed by atoms with Crippen molar-refractivity contribution >= 4 is 27.3 Å². The Morgan fingerprint density at radius 3 is 2.81 bits per heavy atom. The molecule has 0 fully saturated rings. The van der Waals surface area contributed by atoms with Gasteiger partial charge >= 0.3 is 0 Å². The lowest BCUT2D eigenvalue weighted by Gasteiger charge is -2.14. The Hall–Kier alpha value is -1.57. The highest BCUT2D eigenvalue weighted by Gasteiger charge is 2.24. The van der Waals surface area contributed by atoms with Gasteiger partial charge in [0.2, 0.25) is 10.0 Å². The molecule has 5 nitrogen and oxygen atoms in total. The van der Waals surface area contributed by atoms with E-state index < -0.39 is 26.8 Å². The number of halogens is 2. The second kappa shape index (κ2) is 6.05. The molecule has 1 aromatic heterocycles. The summed E-state index contributed by atoms with van der Waals surface area (Å²) in [6.07, 6.45) is 1.83. The van der Waals surface area contributed by atoms with Crippen LogP contribution in [-0.2, 0) is 16.4 Å². The molecule has 21 heavy (non-hydrogen) atoms. The zero-order valence-electron chi connectivity index (χ0n) is 11.1. The van der Waals surface area contributed by atoms with Gasteiger partial charge in [-0.2, -0.15) is 0 Å². The quantitative estimate of drug-likeness (QED) is 0.824. The molecule has 1 atom stereocenters. The maximum absolute atomic E-state index is 13.9. The Morgan fingerprint density at radius 1 is 1.48 bits per heavy atom. The van der Waals surface area contributed by atoms with Gasteiger partial charge in [-0.3, -0.25) is 0 Å². The van der Waals surface area contributed by atoms with E-state index in [-0.39, 0.29) is 10.7 Å². The van der Waals surface area contributed by atoms with Gasteiger partial charge < -0.3 is 10.2 Å². The zero-order valence-corrected chi connectivity index (χ0v) is 12.7. The number of hydrogen-bond acceptors (Lipinski definition) is 4. The first-order chi connectivity index (χ1) is 9.79. The number of nitrogens with one attached hydrogen (secondary N) is 1. The third kappa shape index (κ3) is 3.75. The number of anilines is 1. The van der Waals surface area contributed by atoms with Crippen molar-refractivity contribution in [2.75, 3.05) is 5.73 Å². The normalized spacial score (nSPS) is 13.3. The van der Waals surface area contributed by atoms with Crippen LogP contribution >= 0.6 is 11.6 Å². The summed E-state index contributed by atoms with van der Waals surface area (Å²) >= 11 is 5.73. The van der Waals surface area contributed by atoms with Gasteiger partial charge in [0.1, 0.15) is 10.7 Å². The van der Waals surface area contributed by atoms with Gasteiger partial charge in [-0.15, -0.1) is 0 Å². The van der Waals surface area contributed by atoms with Crippen molar-refractivity contribution in [1.29, 1.82) is 0 Å². The van der Waals surface area contributed by atoms with Crippen molar-refractivity contribution in [1.82, 2.24) is 4.72 Å². The van der Waals surface area contributed by atoms with Crippen LogP contribution in [0.1, 0.15) is 12.7 Å². The molecular formula is C13H14ClFN2O3S. The average molecular weight is 333 g/mol. The summed E-state index contributed by atoms with van der Waals surface area (Å²) in [7, 11) is -4.07. The highest BCUT2D eigenvalue weighted by Crippen LogP contribution is 2.25. The van der Waals surface area contributed by atoms with Crippen LogP contribution in [0.4, 0.5) is 10.1 Å². The van der Waals surface area contributed by atoms with Crippen LogP contribution in [0, 0.1) is 5.82 Å². The number of sulfonamides is 1. The Morgan fingerprint density at radius 2 is 2.19 bits per heavy atom. The fraction of sp³-hybridized carbons (Fsp3) is 0.231. The molecule has 8 heteroatoms. The zero-order chi connectivity index (χ0) is 15.6. The molecule has 0 aliphatic carbocycles. The molecule has 3 N–H and O–H groups in total. The van der Waals surface area contributed by atoms with Gasteiger partial charge in [-0.1, -0.05) is 11.6 Å². The number of nitrogens with two attached hydrogens (primary N) is 1. The average Bonchev–Trinajstić information content (AvgIpc) is 2.85. The van der Waals surface area contributed by atoms with Crippen LogP contribution in [0.15, 0.2) is 39.8 Å². The monoisotopic (exact) mass is 332 g/mol. The van der Waals surface area contributed by atoms with E-state index in [0.29, 0.717) is 12.2 Å². The van der Waals surface area contributed by atoms with Crippen molar-refractivity contribution < 1.29 is 17.2 Å². The largest absolute Gasteiger partial charge is 0.469 e. The summed E-state index contributed by atoms with van der Waals surface area (Å²) in [6.45, 7) is 1.64. The first-order valence-corrected chi connectivity index (χ1v) is 7.95. The molecule has 0 aliphatic heterocycles. The molecule has 1 aromatic carbocycles. The van der Waals surface area contributed by atoms with Crippen molar-refractivity contribution in [3.63, 3.8) is 0 Å². The lowest BCUT2D eigenvalue weighted by atomic mass is 10.2.